The molecule has 0 saturated carbocycles. The molecule has 1 fully saturated rings. The number of benzene rings is 1. The predicted molar refractivity (Wildman–Crippen MR) is 114 cm³/mol. The molecule has 2 amide bonds. The summed E-state index contributed by atoms with van der Waals surface area (Å²) in [5.41, 5.74) is 1.26. The highest BCUT2D eigenvalue weighted by Gasteiger charge is 2.40. The van der Waals surface area contributed by atoms with Crippen LogP contribution in [-0.4, -0.2) is 78.0 Å². The van der Waals surface area contributed by atoms with Crippen LogP contribution in [0.3, 0.4) is 0 Å². The van der Waals surface area contributed by atoms with Crippen molar-refractivity contribution >= 4 is 33.2 Å². The van der Waals surface area contributed by atoms with Crippen molar-refractivity contribution in [1.29, 1.82) is 0 Å². The fourth-order valence-electron chi connectivity index (χ4n) is 3.92. The maximum atomic E-state index is 13.3. The number of piperidine rings is 1. The Morgan fingerprint density at radius 1 is 1.27 bits per heavy atom. The number of nitrogens with one attached hydrogen (secondary N) is 1. The summed E-state index contributed by atoms with van der Waals surface area (Å²) in [5.74, 6) is -0.441. The van der Waals surface area contributed by atoms with E-state index in [0.717, 1.165) is 35.8 Å². The zero-order valence-electron chi connectivity index (χ0n) is 17.8. The normalized spacial score (nSPS) is 18.9. The number of methoxy groups -OCH3 is 1. The fourth-order valence-corrected chi connectivity index (χ4v) is 4.84. The molecule has 1 unspecified atom stereocenters. The van der Waals surface area contributed by atoms with Crippen LogP contribution in [0.15, 0.2) is 23.1 Å². The number of hydrogen-bond donors (Lipinski definition) is 1. The standard InChI is InChI=1S/C20H30N4O5S/c1-22(2)30(27,28)15-8-9-16-18(13-15)24(14-19(25)21-10-6-12-29-3)20(26)17-7-4-5-11-23(16)17/h8-9,13,17H,4-7,10-12,14H2,1-3H3,(H,21,25). The van der Waals surface area contributed by atoms with Crippen LogP contribution in [0.5, 0.6) is 0 Å². The fraction of sp³-hybridized carbons (Fsp3) is 0.600. The number of rotatable bonds is 8. The van der Waals surface area contributed by atoms with Gasteiger partial charge >= 0.3 is 0 Å². The highest BCUT2D eigenvalue weighted by atomic mass is 32.2. The summed E-state index contributed by atoms with van der Waals surface area (Å²) in [6, 6.07) is 4.51. The number of anilines is 2. The Morgan fingerprint density at radius 3 is 2.73 bits per heavy atom. The molecule has 166 valence electrons. The lowest BCUT2D eigenvalue weighted by Crippen LogP contribution is -2.57. The van der Waals surface area contributed by atoms with Crippen molar-refractivity contribution < 1.29 is 22.7 Å². The van der Waals surface area contributed by atoms with Crippen molar-refractivity contribution in [2.75, 3.05) is 57.2 Å². The van der Waals surface area contributed by atoms with Gasteiger partial charge in [0.2, 0.25) is 21.8 Å². The Balaban J connectivity index is 1.94. The summed E-state index contributed by atoms with van der Waals surface area (Å²) >= 11 is 0. The van der Waals surface area contributed by atoms with E-state index in [1.165, 1.54) is 25.1 Å². The summed E-state index contributed by atoms with van der Waals surface area (Å²) < 4.78 is 31.4. The van der Waals surface area contributed by atoms with Crippen LogP contribution in [0.1, 0.15) is 25.7 Å². The van der Waals surface area contributed by atoms with Crippen LogP contribution in [-0.2, 0) is 24.3 Å². The molecule has 0 aromatic heterocycles. The van der Waals surface area contributed by atoms with Crippen molar-refractivity contribution in [2.45, 2.75) is 36.6 Å². The van der Waals surface area contributed by atoms with E-state index in [0.29, 0.717) is 25.3 Å². The molecule has 30 heavy (non-hydrogen) atoms. The molecule has 3 rings (SSSR count). The lowest BCUT2D eigenvalue weighted by molar-refractivity contribution is -0.125. The van der Waals surface area contributed by atoms with Crippen LogP contribution in [0.2, 0.25) is 0 Å². The van der Waals surface area contributed by atoms with Gasteiger partial charge in [0.1, 0.15) is 12.6 Å². The van der Waals surface area contributed by atoms with Gasteiger partial charge < -0.3 is 15.0 Å². The average Bonchev–Trinajstić information content (AvgIpc) is 2.73. The van der Waals surface area contributed by atoms with Gasteiger partial charge in [0.25, 0.3) is 0 Å². The summed E-state index contributed by atoms with van der Waals surface area (Å²) in [7, 11) is 0.859. The van der Waals surface area contributed by atoms with Crippen LogP contribution >= 0.6 is 0 Å². The third-order valence-corrected chi connectivity index (χ3v) is 7.34. The first-order chi connectivity index (χ1) is 14.3. The van der Waals surface area contributed by atoms with E-state index in [9.17, 15) is 18.0 Å². The topological polar surface area (TPSA) is 99.3 Å². The Morgan fingerprint density at radius 2 is 2.03 bits per heavy atom. The summed E-state index contributed by atoms with van der Waals surface area (Å²) in [5, 5.41) is 2.80. The second-order valence-corrected chi connectivity index (χ2v) is 9.92. The molecular formula is C20H30N4O5S. The molecule has 0 bridgehead atoms. The molecule has 2 heterocycles. The average molecular weight is 439 g/mol. The smallest absolute Gasteiger partial charge is 0.250 e. The SMILES string of the molecule is COCCCNC(=O)CN1C(=O)C2CCCCN2c2ccc(S(=O)(=O)N(C)C)cc21. The number of nitrogens with zero attached hydrogens (tertiary/aromatic N) is 3. The Hall–Kier alpha value is -2.17. The first-order valence-electron chi connectivity index (χ1n) is 10.2. The van der Waals surface area contributed by atoms with Crippen molar-refractivity contribution in [3.8, 4) is 0 Å². The molecule has 0 aliphatic carbocycles. The Kier molecular flexibility index (Phi) is 6.99. The molecule has 1 saturated heterocycles. The van der Waals surface area contributed by atoms with Crippen molar-refractivity contribution in [3.63, 3.8) is 0 Å². The Bertz CT molecular complexity index is 902. The van der Waals surface area contributed by atoms with E-state index in [-0.39, 0.29) is 29.3 Å². The highest BCUT2D eigenvalue weighted by molar-refractivity contribution is 7.89. The second kappa shape index (κ2) is 9.32. The molecule has 2 aliphatic heterocycles. The molecule has 0 radical (unpaired) electrons. The maximum absolute atomic E-state index is 13.3. The van der Waals surface area contributed by atoms with E-state index < -0.39 is 10.0 Å². The zero-order valence-corrected chi connectivity index (χ0v) is 18.6. The van der Waals surface area contributed by atoms with Crippen LogP contribution < -0.4 is 15.1 Å². The molecular weight excluding hydrogens is 408 g/mol. The molecule has 2 aliphatic rings. The van der Waals surface area contributed by atoms with Gasteiger partial charge in [-0.05, 0) is 43.9 Å². The van der Waals surface area contributed by atoms with Gasteiger partial charge in [-0.2, -0.15) is 0 Å². The summed E-state index contributed by atoms with van der Waals surface area (Å²) in [6.07, 6.45) is 3.32. The van der Waals surface area contributed by atoms with Crippen LogP contribution in [0.25, 0.3) is 0 Å². The number of ether oxygens (including phenoxy) is 1. The maximum Gasteiger partial charge on any atom is 0.250 e. The minimum absolute atomic E-state index is 0.0972. The van der Waals surface area contributed by atoms with Gasteiger partial charge in [0, 0.05) is 40.9 Å². The van der Waals surface area contributed by atoms with E-state index in [1.54, 1.807) is 19.2 Å². The van der Waals surface area contributed by atoms with Crippen LogP contribution in [0.4, 0.5) is 11.4 Å². The van der Waals surface area contributed by atoms with Gasteiger partial charge in [0.05, 0.1) is 16.3 Å². The zero-order chi connectivity index (χ0) is 21.9. The number of sulfonamides is 1. The third kappa shape index (κ3) is 4.45. The lowest BCUT2D eigenvalue weighted by atomic mass is 9.96. The van der Waals surface area contributed by atoms with Crippen LogP contribution in [0, 0.1) is 0 Å². The lowest BCUT2D eigenvalue weighted by Gasteiger charge is -2.45. The molecule has 0 spiro atoms. The number of amides is 2. The predicted octanol–water partition coefficient (Wildman–Crippen LogP) is 0.795. The molecule has 10 heteroatoms. The molecule has 1 aromatic carbocycles. The van der Waals surface area contributed by atoms with Gasteiger partial charge in [-0.3, -0.25) is 14.5 Å². The van der Waals surface area contributed by atoms with E-state index in [2.05, 4.69) is 5.32 Å². The van der Waals surface area contributed by atoms with E-state index in [1.807, 2.05) is 4.90 Å². The summed E-state index contributed by atoms with van der Waals surface area (Å²) in [4.78, 5) is 29.3. The first kappa shape index (κ1) is 22.5. The number of fused-ring (bicyclic) bond motifs is 3. The molecule has 1 N–H and O–H groups in total. The number of carbonyl (C=O) groups is 2. The largest absolute Gasteiger partial charge is 0.385 e. The first-order valence-corrected chi connectivity index (χ1v) is 11.6. The number of hydrogen-bond acceptors (Lipinski definition) is 6. The minimum Gasteiger partial charge on any atom is -0.385 e. The van der Waals surface area contributed by atoms with Gasteiger partial charge in [-0.1, -0.05) is 0 Å². The van der Waals surface area contributed by atoms with Gasteiger partial charge in [-0.15, -0.1) is 0 Å². The number of carbonyl (C=O) groups excluding carboxylic acids is 2. The monoisotopic (exact) mass is 438 g/mol. The molecule has 9 nitrogen and oxygen atoms in total. The minimum atomic E-state index is -3.67. The van der Waals surface area contributed by atoms with Crippen molar-refractivity contribution in [1.82, 2.24) is 9.62 Å². The van der Waals surface area contributed by atoms with E-state index >= 15 is 0 Å². The molecule has 1 atom stereocenters. The van der Waals surface area contributed by atoms with E-state index in [4.69, 9.17) is 4.74 Å². The van der Waals surface area contributed by atoms with Gasteiger partial charge in [0.15, 0.2) is 0 Å². The Labute approximate surface area is 178 Å². The molecule has 1 aromatic rings. The summed E-state index contributed by atoms with van der Waals surface area (Å²) in [6.45, 7) is 1.58. The third-order valence-electron chi connectivity index (χ3n) is 5.53. The quantitative estimate of drug-likeness (QED) is 0.603. The second-order valence-electron chi connectivity index (χ2n) is 7.76. The van der Waals surface area contributed by atoms with Gasteiger partial charge in [-0.25, -0.2) is 12.7 Å². The van der Waals surface area contributed by atoms with Crippen molar-refractivity contribution in [2.24, 2.45) is 0 Å². The van der Waals surface area contributed by atoms with Crippen molar-refractivity contribution in [3.05, 3.63) is 18.2 Å². The highest BCUT2D eigenvalue weighted by Crippen LogP contribution is 2.40.